The van der Waals surface area contributed by atoms with Gasteiger partial charge in [-0.25, -0.2) is 9.18 Å². The van der Waals surface area contributed by atoms with E-state index in [-0.39, 0.29) is 30.9 Å². The highest BCUT2D eigenvalue weighted by molar-refractivity contribution is 7.86. The molecule has 0 aromatic heterocycles. The Morgan fingerprint density at radius 3 is 2.58 bits per heavy atom. The Bertz CT molecular complexity index is 698. The Balaban J connectivity index is 2.73. The third kappa shape index (κ3) is 8.62. The van der Waals surface area contributed by atoms with Crippen molar-refractivity contribution in [1.29, 1.82) is 0 Å². The minimum absolute atomic E-state index is 0.0896. The summed E-state index contributed by atoms with van der Waals surface area (Å²) in [5.41, 5.74) is 0.0809. The summed E-state index contributed by atoms with van der Waals surface area (Å²) >= 11 is 0. The molecule has 0 aliphatic rings. The number of benzene rings is 1. The fourth-order valence-electron chi connectivity index (χ4n) is 2.13. The first-order valence-electron chi connectivity index (χ1n) is 8.64. The lowest BCUT2D eigenvalue weighted by Gasteiger charge is -2.20. The number of carbonyl (C=O) groups is 1. The number of halogens is 1. The van der Waals surface area contributed by atoms with E-state index in [1.807, 2.05) is 6.92 Å². The van der Waals surface area contributed by atoms with Crippen LogP contribution in [0.1, 0.15) is 51.7 Å². The summed E-state index contributed by atoms with van der Waals surface area (Å²) in [5.74, 6) is -0.762. The van der Waals surface area contributed by atoms with Crippen LogP contribution in [0.15, 0.2) is 18.2 Å². The quantitative estimate of drug-likeness (QED) is 0.516. The Morgan fingerprint density at radius 2 is 1.96 bits per heavy atom. The molecule has 1 amide bonds. The number of aryl methyl sites for hydroxylation is 1. The maximum Gasteiger partial charge on any atom is 0.407 e. The number of hydrogen-bond donors (Lipinski definition) is 1. The van der Waals surface area contributed by atoms with Crippen LogP contribution in [0.5, 0.6) is 0 Å². The zero-order valence-corrected chi connectivity index (χ0v) is 16.6. The van der Waals surface area contributed by atoms with E-state index in [2.05, 4.69) is 5.32 Å². The first-order valence-corrected chi connectivity index (χ1v) is 10.2. The third-order valence-electron chi connectivity index (χ3n) is 3.41. The van der Waals surface area contributed by atoms with Gasteiger partial charge in [0.2, 0.25) is 0 Å². The molecule has 0 aliphatic heterocycles. The Hall–Kier alpha value is -1.67. The van der Waals surface area contributed by atoms with E-state index in [1.165, 1.54) is 12.1 Å². The van der Waals surface area contributed by atoms with Gasteiger partial charge in [0.1, 0.15) is 11.4 Å². The molecule has 6 nitrogen and oxygen atoms in total. The van der Waals surface area contributed by atoms with Gasteiger partial charge in [0.05, 0.1) is 12.4 Å². The molecule has 26 heavy (non-hydrogen) atoms. The standard InChI is InChI=1S/C18H28FNO5S/c1-5-6-11-24-26(22,23)12-10-14-8-7-9-16(19)15(14)13-20-17(21)25-18(2,3)4/h7-9H,5-6,10-13H2,1-4H3,(H,20,21). The van der Waals surface area contributed by atoms with Crippen molar-refractivity contribution in [2.75, 3.05) is 12.4 Å². The molecule has 0 heterocycles. The van der Waals surface area contributed by atoms with Crippen LogP contribution in [-0.4, -0.2) is 32.5 Å². The van der Waals surface area contributed by atoms with Gasteiger partial charge in [-0.2, -0.15) is 8.42 Å². The van der Waals surface area contributed by atoms with E-state index in [9.17, 15) is 17.6 Å². The molecular weight excluding hydrogens is 361 g/mol. The summed E-state index contributed by atoms with van der Waals surface area (Å²) in [7, 11) is -3.67. The summed E-state index contributed by atoms with van der Waals surface area (Å²) in [5, 5.41) is 2.49. The molecule has 0 radical (unpaired) electrons. The Labute approximate surface area is 155 Å². The molecule has 0 spiro atoms. The topological polar surface area (TPSA) is 81.7 Å². The highest BCUT2D eigenvalue weighted by atomic mass is 32.2. The summed E-state index contributed by atoms with van der Waals surface area (Å²) < 4.78 is 47.9. The molecule has 1 rings (SSSR count). The first kappa shape index (κ1) is 22.4. The monoisotopic (exact) mass is 389 g/mol. The van der Waals surface area contributed by atoms with Gasteiger partial charge in [0, 0.05) is 12.1 Å². The second-order valence-electron chi connectivity index (χ2n) is 6.92. The maximum atomic E-state index is 14.1. The van der Waals surface area contributed by atoms with Crippen LogP contribution >= 0.6 is 0 Å². The lowest BCUT2D eigenvalue weighted by molar-refractivity contribution is 0.0523. The predicted octanol–water partition coefficient (Wildman–Crippen LogP) is 3.54. The van der Waals surface area contributed by atoms with Gasteiger partial charge in [-0.3, -0.25) is 4.18 Å². The number of nitrogens with one attached hydrogen (secondary N) is 1. The molecule has 0 saturated carbocycles. The van der Waals surface area contributed by atoms with Crippen molar-refractivity contribution in [3.8, 4) is 0 Å². The third-order valence-corrected chi connectivity index (χ3v) is 4.64. The van der Waals surface area contributed by atoms with Gasteiger partial charge in [-0.05, 0) is 45.2 Å². The molecule has 0 aliphatic carbocycles. The fraction of sp³-hybridized carbons (Fsp3) is 0.611. The van der Waals surface area contributed by atoms with Crippen molar-refractivity contribution in [2.24, 2.45) is 0 Å². The van der Waals surface area contributed by atoms with Crippen molar-refractivity contribution >= 4 is 16.2 Å². The van der Waals surface area contributed by atoms with Gasteiger partial charge in [0.25, 0.3) is 10.1 Å². The van der Waals surface area contributed by atoms with Gasteiger partial charge in [-0.15, -0.1) is 0 Å². The van der Waals surface area contributed by atoms with Crippen molar-refractivity contribution in [1.82, 2.24) is 5.32 Å². The fourth-order valence-corrected chi connectivity index (χ4v) is 3.09. The van der Waals surface area contributed by atoms with Crippen molar-refractivity contribution in [3.05, 3.63) is 35.1 Å². The van der Waals surface area contributed by atoms with Crippen molar-refractivity contribution in [3.63, 3.8) is 0 Å². The number of rotatable bonds is 9. The van der Waals surface area contributed by atoms with Gasteiger partial charge >= 0.3 is 6.09 Å². The van der Waals surface area contributed by atoms with Gasteiger partial charge in [0.15, 0.2) is 0 Å². The molecule has 148 valence electrons. The van der Waals surface area contributed by atoms with Crippen molar-refractivity contribution in [2.45, 2.75) is 59.1 Å². The van der Waals surface area contributed by atoms with E-state index in [0.29, 0.717) is 12.0 Å². The van der Waals surface area contributed by atoms with E-state index < -0.39 is 27.6 Å². The first-order chi connectivity index (χ1) is 12.0. The maximum absolute atomic E-state index is 14.1. The van der Waals surface area contributed by atoms with Crippen LogP contribution in [-0.2, 0) is 32.0 Å². The highest BCUT2D eigenvalue weighted by Gasteiger charge is 2.18. The zero-order valence-electron chi connectivity index (χ0n) is 15.8. The van der Waals surface area contributed by atoms with E-state index in [4.69, 9.17) is 8.92 Å². The molecule has 1 N–H and O–H groups in total. The predicted molar refractivity (Wildman–Crippen MR) is 97.8 cm³/mol. The molecule has 8 heteroatoms. The average molecular weight is 389 g/mol. The number of amides is 1. The lowest BCUT2D eigenvalue weighted by Crippen LogP contribution is -2.32. The summed E-state index contributed by atoms with van der Waals surface area (Å²) in [6.45, 7) is 7.18. The van der Waals surface area contributed by atoms with Crippen LogP contribution < -0.4 is 5.32 Å². The van der Waals surface area contributed by atoms with Crippen LogP contribution in [0.25, 0.3) is 0 Å². The molecule has 0 bridgehead atoms. The summed E-state index contributed by atoms with van der Waals surface area (Å²) in [4.78, 5) is 11.7. The summed E-state index contributed by atoms with van der Waals surface area (Å²) in [6, 6.07) is 4.41. The molecular formula is C18H28FNO5S. The minimum atomic E-state index is -3.67. The number of ether oxygens (including phenoxy) is 1. The Morgan fingerprint density at radius 1 is 1.27 bits per heavy atom. The normalized spacial score (nSPS) is 12.0. The smallest absolute Gasteiger partial charge is 0.407 e. The zero-order chi connectivity index (χ0) is 19.8. The van der Waals surface area contributed by atoms with Crippen LogP contribution in [0.4, 0.5) is 9.18 Å². The Kier molecular flexibility index (Phi) is 8.49. The van der Waals surface area contributed by atoms with Gasteiger partial charge < -0.3 is 10.1 Å². The second kappa shape index (κ2) is 9.87. The van der Waals surface area contributed by atoms with E-state index >= 15 is 0 Å². The van der Waals surface area contributed by atoms with Crippen molar-refractivity contribution < 1.29 is 26.5 Å². The van der Waals surface area contributed by atoms with Crippen LogP contribution in [0.3, 0.4) is 0 Å². The molecule has 0 fully saturated rings. The molecule has 1 aromatic carbocycles. The highest BCUT2D eigenvalue weighted by Crippen LogP contribution is 2.16. The molecule has 0 saturated heterocycles. The number of carbonyl (C=O) groups excluding carboxylic acids is 1. The van der Waals surface area contributed by atoms with E-state index in [0.717, 1.165) is 6.42 Å². The van der Waals surface area contributed by atoms with Gasteiger partial charge in [-0.1, -0.05) is 25.5 Å². The number of hydrogen-bond acceptors (Lipinski definition) is 5. The largest absolute Gasteiger partial charge is 0.444 e. The molecule has 1 aromatic rings. The number of unbranched alkanes of at least 4 members (excludes halogenated alkanes) is 1. The van der Waals surface area contributed by atoms with Crippen LogP contribution in [0.2, 0.25) is 0 Å². The SMILES string of the molecule is CCCCOS(=O)(=O)CCc1cccc(F)c1CNC(=O)OC(C)(C)C. The van der Waals surface area contributed by atoms with Crippen LogP contribution in [0, 0.1) is 5.82 Å². The number of alkyl carbamates (subject to hydrolysis) is 1. The second-order valence-corrected chi connectivity index (χ2v) is 8.68. The average Bonchev–Trinajstić information content (AvgIpc) is 2.50. The minimum Gasteiger partial charge on any atom is -0.444 e. The molecule has 0 unspecified atom stereocenters. The van der Waals surface area contributed by atoms with E-state index in [1.54, 1.807) is 26.8 Å². The summed E-state index contributed by atoms with van der Waals surface area (Å²) in [6.07, 6.45) is 0.920. The lowest BCUT2D eigenvalue weighted by atomic mass is 10.0. The molecule has 0 atom stereocenters.